The Labute approximate surface area is 162 Å². The van der Waals surface area contributed by atoms with Crippen molar-refractivity contribution in [3.05, 3.63) is 73.7 Å². The number of nitro groups is 1. The molecule has 0 aromatic heterocycles. The summed E-state index contributed by atoms with van der Waals surface area (Å²) in [4.78, 5) is 21.9. The lowest BCUT2D eigenvalue weighted by molar-refractivity contribution is -0.384. The van der Waals surface area contributed by atoms with Crippen molar-refractivity contribution in [3.8, 4) is 5.75 Å². The van der Waals surface area contributed by atoms with Gasteiger partial charge in [0.2, 0.25) is 0 Å². The second-order valence-electron chi connectivity index (χ2n) is 4.89. The van der Waals surface area contributed by atoms with Crippen LogP contribution in [-0.4, -0.2) is 23.7 Å². The molecule has 0 radical (unpaired) electrons. The average Bonchev–Trinajstić information content (AvgIpc) is 2.61. The number of benzene rings is 2. The van der Waals surface area contributed by atoms with Crippen molar-refractivity contribution >= 4 is 51.4 Å². The normalized spacial score (nSPS) is 11.0. The number of carbonyl (C=O) groups excluding carboxylic acids is 1. The molecule has 7 nitrogen and oxygen atoms in total. The van der Waals surface area contributed by atoms with Gasteiger partial charge >= 0.3 is 0 Å². The van der Waals surface area contributed by atoms with Crippen molar-refractivity contribution in [1.82, 2.24) is 5.43 Å². The van der Waals surface area contributed by atoms with E-state index in [4.69, 9.17) is 16.3 Å². The zero-order chi connectivity index (χ0) is 18.9. The van der Waals surface area contributed by atoms with Gasteiger partial charge in [0.15, 0.2) is 6.61 Å². The standard InChI is InChI=1S/C17H13BrClN3O4/c18-15-10-13(19)6-7-16(15)26-11-17(23)21-20-8-2-4-12-3-1-5-14(9-12)22(24)25/h1-10H,11H2,(H,21,23)/b4-2+,20-8+. The van der Waals surface area contributed by atoms with Gasteiger partial charge < -0.3 is 4.74 Å². The van der Waals surface area contributed by atoms with Crippen LogP contribution in [0.25, 0.3) is 6.08 Å². The molecule has 26 heavy (non-hydrogen) atoms. The Morgan fingerprint density at radius 3 is 2.88 bits per heavy atom. The number of hydrogen-bond acceptors (Lipinski definition) is 5. The van der Waals surface area contributed by atoms with Gasteiger partial charge in [0.25, 0.3) is 11.6 Å². The van der Waals surface area contributed by atoms with Crippen LogP contribution in [0.2, 0.25) is 5.02 Å². The van der Waals surface area contributed by atoms with Crippen molar-refractivity contribution in [1.29, 1.82) is 0 Å². The van der Waals surface area contributed by atoms with Crippen LogP contribution in [0, 0.1) is 10.1 Å². The first-order chi connectivity index (χ1) is 12.5. The molecule has 2 rings (SSSR count). The quantitative estimate of drug-likeness (QED) is 0.398. The molecule has 0 unspecified atom stereocenters. The molecule has 0 heterocycles. The van der Waals surface area contributed by atoms with Crippen molar-refractivity contribution in [3.63, 3.8) is 0 Å². The van der Waals surface area contributed by atoms with Crippen LogP contribution in [0.5, 0.6) is 5.75 Å². The summed E-state index contributed by atoms with van der Waals surface area (Å²) < 4.78 is 5.98. The lowest BCUT2D eigenvalue weighted by atomic mass is 10.2. The summed E-state index contributed by atoms with van der Waals surface area (Å²) in [5.41, 5.74) is 2.95. The number of carbonyl (C=O) groups is 1. The van der Waals surface area contributed by atoms with E-state index in [1.54, 1.807) is 42.5 Å². The number of non-ortho nitro benzene ring substituents is 1. The van der Waals surface area contributed by atoms with Gasteiger partial charge in [-0.05, 0) is 45.8 Å². The molecule has 0 spiro atoms. The van der Waals surface area contributed by atoms with Gasteiger partial charge in [-0.2, -0.15) is 5.10 Å². The number of hydrogen-bond donors (Lipinski definition) is 1. The van der Waals surface area contributed by atoms with E-state index in [2.05, 4.69) is 26.5 Å². The molecule has 0 aliphatic heterocycles. The molecule has 134 valence electrons. The lowest BCUT2D eigenvalue weighted by Crippen LogP contribution is -2.24. The van der Waals surface area contributed by atoms with Gasteiger partial charge in [-0.25, -0.2) is 5.43 Å². The highest BCUT2D eigenvalue weighted by atomic mass is 79.9. The number of nitrogens with zero attached hydrogens (tertiary/aromatic N) is 2. The summed E-state index contributed by atoms with van der Waals surface area (Å²) >= 11 is 9.11. The van der Waals surface area contributed by atoms with Crippen molar-refractivity contribution < 1.29 is 14.5 Å². The zero-order valence-electron chi connectivity index (χ0n) is 13.3. The maximum absolute atomic E-state index is 11.7. The Morgan fingerprint density at radius 1 is 1.35 bits per heavy atom. The topological polar surface area (TPSA) is 93.8 Å². The second-order valence-corrected chi connectivity index (χ2v) is 6.18. The van der Waals surface area contributed by atoms with Gasteiger partial charge in [0, 0.05) is 23.4 Å². The van der Waals surface area contributed by atoms with Crippen LogP contribution in [0.3, 0.4) is 0 Å². The molecule has 0 bridgehead atoms. The predicted octanol–water partition coefficient (Wildman–Crippen LogP) is 4.20. The third kappa shape index (κ3) is 6.30. The maximum Gasteiger partial charge on any atom is 0.277 e. The average molecular weight is 439 g/mol. The van der Waals surface area contributed by atoms with E-state index in [9.17, 15) is 14.9 Å². The molecule has 0 aliphatic carbocycles. The molecule has 0 saturated heterocycles. The van der Waals surface area contributed by atoms with Crippen LogP contribution in [0.4, 0.5) is 5.69 Å². The number of nitro benzene ring substituents is 1. The number of amides is 1. The van der Waals surface area contributed by atoms with E-state index in [0.717, 1.165) is 0 Å². The Bertz CT molecular complexity index is 871. The van der Waals surface area contributed by atoms with Crippen LogP contribution < -0.4 is 10.2 Å². The van der Waals surface area contributed by atoms with Crippen molar-refractivity contribution in [2.45, 2.75) is 0 Å². The van der Waals surface area contributed by atoms with Gasteiger partial charge in [-0.3, -0.25) is 14.9 Å². The third-order valence-corrected chi connectivity index (χ3v) is 3.83. The van der Waals surface area contributed by atoms with Crippen molar-refractivity contribution in [2.24, 2.45) is 5.10 Å². The number of ether oxygens (including phenoxy) is 1. The fourth-order valence-electron chi connectivity index (χ4n) is 1.82. The summed E-state index contributed by atoms with van der Waals surface area (Å²) in [7, 11) is 0. The van der Waals surface area contributed by atoms with Crippen LogP contribution in [-0.2, 0) is 4.79 Å². The highest BCUT2D eigenvalue weighted by Crippen LogP contribution is 2.27. The van der Waals surface area contributed by atoms with Gasteiger partial charge in [-0.1, -0.05) is 29.8 Å². The van der Waals surface area contributed by atoms with Crippen LogP contribution in [0.15, 0.2) is 58.1 Å². The van der Waals surface area contributed by atoms with Crippen LogP contribution >= 0.6 is 27.5 Å². The molecule has 9 heteroatoms. The molecule has 2 aromatic carbocycles. The first kappa shape index (κ1) is 19.6. The molecule has 0 fully saturated rings. The van der Waals surface area contributed by atoms with E-state index < -0.39 is 10.8 Å². The summed E-state index contributed by atoms with van der Waals surface area (Å²) in [6.07, 6.45) is 4.54. The van der Waals surface area contributed by atoms with E-state index in [1.807, 2.05) is 0 Å². The van der Waals surface area contributed by atoms with E-state index in [0.29, 0.717) is 20.8 Å². The minimum atomic E-state index is -0.468. The first-order valence-electron chi connectivity index (χ1n) is 7.26. The molecule has 2 aromatic rings. The SMILES string of the molecule is O=C(COc1ccc(Cl)cc1Br)N/N=C/C=C/c1cccc([N+](=O)[O-])c1. The van der Waals surface area contributed by atoms with Gasteiger partial charge in [-0.15, -0.1) is 0 Å². The van der Waals surface area contributed by atoms with Gasteiger partial charge in [0.05, 0.1) is 9.40 Å². The molecule has 1 N–H and O–H groups in total. The zero-order valence-corrected chi connectivity index (χ0v) is 15.6. The fourth-order valence-corrected chi connectivity index (χ4v) is 2.61. The number of nitrogens with one attached hydrogen (secondary N) is 1. The Hall–Kier alpha value is -2.71. The monoisotopic (exact) mass is 437 g/mol. The Balaban J connectivity index is 1.79. The van der Waals surface area contributed by atoms with E-state index in [1.165, 1.54) is 18.3 Å². The minimum absolute atomic E-state index is 0.00269. The first-order valence-corrected chi connectivity index (χ1v) is 8.43. The maximum atomic E-state index is 11.7. The third-order valence-electron chi connectivity index (χ3n) is 2.97. The number of hydrazone groups is 1. The van der Waals surface area contributed by atoms with Gasteiger partial charge in [0.1, 0.15) is 5.75 Å². The van der Waals surface area contributed by atoms with Crippen LogP contribution in [0.1, 0.15) is 5.56 Å². The minimum Gasteiger partial charge on any atom is -0.483 e. The molecule has 0 atom stereocenters. The Morgan fingerprint density at radius 2 is 2.15 bits per heavy atom. The largest absolute Gasteiger partial charge is 0.483 e. The fraction of sp³-hybridized carbons (Fsp3) is 0.0588. The molecule has 1 amide bonds. The second kappa shape index (κ2) is 9.69. The number of rotatable bonds is 7. The molecular weight excluding hydrogens is 426 g/mol. The summed E-state index contributed by atoms with van der Waals surface area (Å²) in [6.45, 7) is -0.216. The smallest absolute Gasteiger partial charge is 0.277 e. The predicted molar refractivity (Wildman–Crippen MR) is 103 cm³/mol. The Kier molecular flexibility index (Phi) is 7.31. The highest BCUT2D eigenvalue weighted by molar-refractivity contribution is 9.10. The summed E-state index contributed by atoms with van der Waals surface area (Å²) in [6, 6.07) is 11.1. The molecule has 0 saturated carbocycles. The molecule has 0 aliphatic rings. The van der Waals surface area contributed by atoms with Crippen molar-refractivity contribution in [2.75, 3.05) is 6.61 Å². The summed E-state index contributed by atoms with van der Waals surface area (Å²) in [5, 5.41) is 15.0. The summed E-state index contributed by atoms with van der Waals surface area (Å²) in [5.74, 6) is 0.0472. The number of allylic oxidation sites excluding steroid dienone is 1. The molecular formula is C17H13BrClN3O4. The van der Waals surface area contributed by atoms with E-state index in [-0.39, 0.29) is 12.3 Å². The highest BCUT2D eigenvalue weighted by Gasteiger charge is 2.05. The van der Waals surface area contributed by atoms with E-state index >= 15 is 0 Å². The lowest BCUT2D eigenvalue weighted by Gasteiger charge is -2.07. The number of halogens is 2.